The molecule has 92 valence electrons. The molecule has 4 heteroatoms. The first-order valence-electron chi connectivity index (χ1n) is 5.80. The second kappa shape index (κ2) is 5.80. The Labute approximate surface area is 101 Å². The van der Waals surface area contributed by atoms with Gasteiger partial charge in [0.05, 0.1) is 19.3 Å². The van der Waals surface area contributed by atoms with Gasteiger partial charge in [0.1, 0.15) is 6.10 Å². The lowest BCUT2D eigenvalue weighted by Crippen LogP contribution is -2.49. The Kier molecular flexibility index (Phi) is 4.12. The van der Waals surface area contributed by atoms with E-state index in [0.29, 0.717) is 19.8 Å². The number of rotatable bonds is 4. The summed E-state index contributed by atoms with van der Waals surface area (Å²) in [5.41, 5.74) is 1.14. The van der Waals surface area contributed by atoms with Crippen molar-refractivity contribution in [2.45, 2.75) is 25.7 Å². The predicted octanol–water partition coefficient (Wildman–Crippen LogP) is 1.11. The Bertz CT molecular complexity index is 366. The number of carbonyl (C=O) groups excluding carboxylic acids is 1. The molecule has 1 fully saturated rings. The molecule has 1 amide bonds. The molecule has 0 radical (unpaired) electrons. The zero-order valence-electron chi connectivity index (χ0n) is 9.89. The lowest BCUT2D eigenvalue weighted by molar-refractivity contribution is -0.146. The van der Waals surface area contributed by atoms with Gasteiger partial charge in [0.25, 0.3) is 0 Å². The van der Waals surface area contributed by atoms with Gasteiger partial charge in [-0.25, -0.2) is 0 Å². The van der Waals surface area contributed by atoms with E-state index in [-0.39, 0.29) is 18.1 Å². The predicted molar refractivity (Wildman–Crippen MR) is 63.4 cm³/mol. The van der Waals surface area contributed by atoms with Crippen molar-refractivity contribution in [3.05, 3.63) is 35.9 Å². The molecule has 1 saturated heterocycles. The summed E-state index contributed by atoms with van der Waals surface area (Å²) in [6.07, 6.45) is -0.430. The average molecular weight is 235 g/mol. The minimum Gasteiger partial charge on any atom is -0.374 e. The fourth-order valence-electron chi connectivity index (χ4n) is 1.74. The summed E-state index contributed by atoms with van der Waals surface area (Å²) in [6, 6.07) is 9.99. The van der Waals surface area contributed by atoms with Crippen molar-refractivity contribution in [2.75, 3.05) is 13.2 Å². The highest BCUT2D eigenvalue weighted by Crippen LogP contribution is 2.07. The van der Waals surface area contributed by atoms with Crippen molar-refractivity contribution in [3.8, 4) is 0 Å². The minimum atomic E-state index is -0.380. The second-order valence-electron chi connectivity index (χ2n) is 4.15. The van der Waals surface area contributed by atoms with Gasteiger partial charge < -0.3 is 14.8 Å². The van der Waals surface area contributed by atoms with Crippen LogP contribution in [0.4, 0.5) is 0 Å². The molecule has 1 aliphatic rings. The monoisotopic (exact) mass is 235 g/mol. The summed E-state index contributed by atoms with van der Waals surface area (Å²) in [4.78, 5) is 11.2. The summed E-state index contributed by atoms with van der Waals surface area (Å²) in [7, 11) is 0. The third-order valence-corrected chi connectivity index (χ3v) is 2.69. The van der Waals surface area contributed by atoms with E-state index in [1.165, 1.54) is 0 Å². The summed E-state index contributed by atoms with van der Waals surface area (Å²) < 4.78 is 11.1. The van der Waals surface area contributed by atoms with Crippen molar-refractivity contribution in [2.24, 2.45) is 0 Å². The van der Waals surface area contributed by atoms with Crippen molar-refractivity contribution in [3.63, 3.8) is 0 Å². The van der Waals surface area contributed by atoms with Gasteiger partial charge in [-0.05, 0) is 12.5 Å². The van der Waals surface area contributed by atoms with Crippen LogP contribution >= 0.6 is 0 Å². The molecule has 0 aliphatic carbocycles. The molecule has 1 aromatic carbocycles. The first kappa shape index (κ1) is 12.1. The molecule has 1 aromatic rings. The molecule has 4 nitrogen and oxygen atoms in total. The molecule has 0 unspecified atom stereocenters. The fourth-order valence-corrected chi connectivity index (χ4v) is 1.74. The minimum absolute atomic E-state index is 0.0496. The van der Waals surface area contributed by atoms with Crippen LogP contribution in [0.2, 0.25) is 0 Å². The van der Waals surface area contributed by atoms with Gasteiger partial charge in [-0.1, -0.05) is 30.3 Å². The van der Waals surface area contributed by atoms with E-state index < -0.39 is 0 Å². The Morgan fingerprint density at radius 1 is 1.41 bits per heavy atom. The molecular formula is C13H17NO3. The SMILES string of the molecule is C[C@H]1O[C@@H](COCc2ccccc2)CNC1=O. The van der Waals surface area contributed by atoms with E-state index in [2.05, 4.69) is 5.32 Å². The standard InChI is InChI=1S/C13H17NO3/c1-10-13(15)14-7-12(17-10)9-16-8-11-5-3-2-4-6-11/h2-6,10,12H,7-9H2,1H3,(H,14,15)/t10-,12-/m1/s1. The van der Waals surface area contributed by atoms with Crippen LogP contribution in [0.15, 0.2) is 30.3 Å². The molecule has 0 bridgehead atoms. The van der Waals surface area contributed by atoms with Crippen LogP contribution in [0.5, 0.6) is 0 Å². The van der Waals surface area contributed by atoms with Gasteiger partial charge in [-0.3, -0.25) is 4.79 Å². The van der Waals surface area contributed by atoms with E-state index in [1.54, 1.807) is 6.92 Å². The third-order valence-electron chi connectivity index (χ3n) is 2.69. The number of morpholine rings is 1. The second-order valence-corrected chi connectivity index (χ2v) is 4.15. The topological polar surface area (TPSA) is 47.6 Å². The smallest absolute Gasteiger partial charge is 0.248 e. The van der Waals surface area contributed by atoms with E-state index in [4.69, 9.17) is 9.47 Å². The molecule has 1 N–H and O–H groups in total. The molecule has 2 atom stereocenters. The maximum Gasteiger partial charge on any atom is 0.248 e. The summed E-state index contributed by atoms with van der Waals surface area (Å²) in [5, 5.41) is 2.79. The van der Waals surface area contributed by atoms with Gasteiger partial charge in [0.15, 0.2) is 0 Å². The summed E-state index contributed by atoms with van der Waals surface area (Å²) in [6.45, 7) is 3.35. The lowest BCUT2D eigenvalue weighted by atomic mass is 10.2. The molecule has 1 heterocycles. The van der Waals surface area contributed by atoms with E-state index in [1.807, 2.05) is 30.3 Å². The van der Waals surface area contributed by atoms with Crippen molar-refractivity contribution >= 4 is 5.91 Å². The number of benzene rings is 1. The number of carbonyl (C=O) groups is 1. The number of amides is 1. The maximum atomic E-state index is 11.2. The van der Waals surface area contributed by atoms with Crippen LogP contribution in [0.25, 0.3) is 0 Å². The maximum absolute atomic E-state index is 11.2. The van der Waals surface area contributed by atoms with Gasteiger partial charge in [-0.15, -0.1) is 0 Å². The zero-order valence-corrected chi connectivity index (χ0v) is 9.89. The van der Waals surface area contributed by atoms with Crippen LogP contribution in [-0.2, 0) is 20.9 Å². The molecule has 1 aliphatic heterocycles. The van der Waals surface area contributed by atoms with Gasteiger partial charge in [0.2, 0.25) is 5.91 Å². The first-order chi connectivity index (χ1) is 8.25. The molecule has 0 spiro atoms. The highest BCUT2D eigenvalue weighted by atomic mass is 16.5. The number of nitrogens with one attached hydrogen (secondary N) is 1. The fraction of sp³-hybridized carbons (Fsp3) is 0.462. The van der Waals surface area contributed by atoms with Gasteiger partial charge in [0, 0.05) is 6.54 Å². The molecule has 0 saturated carbocycles. The van der Waals surface area contributed by atoms with Crippen LogP contribution in [0.3, 0.4) is 0 Å². The average Bonchev–Trinajstić information content (AvgIpc) is 2.35. The van der Waals surface area contributed by atoms with Crippen molar-refractivity contribution in [1.82, 2.24) is 5.32 Å². The van der Waals surface area contributed by atoms with Crippen LogP contribution in [0, 0.1) is 0 Å². The van der Waals surface area contributed by atoms with Crippen LogP contribution < -0.4 is 5.32 Å². The highest BCUT2D eigenvalue weighted by molar-refractivity contribution is 5.80. The lowest BCUT2D eigenvalue weighted by Gasteiger charge is -2.27. The number of ether oxygens (including phenoxy) is 2. The van der Waals surface area contributed by atoms with E-state index >= 15 is 0 Å². The highest BCUT2D eigenvalue weighted by Gasteiger charge is 2.25. The largest absolute Gasteiger partial charge is 0.374 e. The molecule has 0 aromatic heterocycles. The van der Waals surface area contributed by atoms with Gasteiger partial charge >= 0.3 is 0 Å². The van der Waals surface area contributed by atoms with Gasteiger partial charge in [-0.2, -0.15) is 0 Å². The Morgan fingerprint density at radius 3 is 2.88 bits per heavy atom. The number of hydrogen-bond acceptors (Lipinski definition) is 3. The summed E-state index contributed by atoms with van der Waals surface area (Å²) >= 11 is 0. The molecule has 2 rings (SSSR count). The van der Waals surface area contributed by atoms with E-state index in [0.717, 1.165) is 5.56 Å². The Hall–Kier alpha value is -1.39. The third kappa shape index (κ3) is 3.54. The van der Waals surface area contributed by atoms with Crippen molar-refractivity contribution in [1.29, 1.82) is 0 Å². The Balaban J connectivity index is 1.71. The van der Waals surface area contributed by atoms with Crippen LogP contribution in [-0.4, -0.2) is 31.3 Å². The van der Waals surface area contributed by atoms with E-state index in [9.17, 15) is 4.79 Å². The number of hydrogen-bond donors (Lipinski definition) is 1. The van der Waals surface area contributed by atoms with Crippen LogP contribution in [0.1, 0.15) is 12.5 Å². The molecular weight excluding hydrogens is 218 g/mol. The Morgan fingerprint density at radius 2 is 2.18 bits per heavy atom. The van der Waals surface area contributed by atoms with Crippen molar-refractivity contribution < 1.29 is 14.3 Å². The normalized spacial score (nSPS) is 24.4. The quantitative estimate of drug-likeness (QED) is 0.850. The first-order valence-corrected chi connectivity index (χ1v) is 5.80. The zero-order chi connectivity index (χ0) is 12.1. The summed E-state index contributed by atoms with van der Waals surface area (Å²) in [5.74, 6) is -0.0516. The molecule has 17 heavy (non-hydrogen) atoms.